The third kappa shape index (κ3) is 3.74. The van der Waals surface area contributed by atoms with Crippen molar-refractivity contribution in [2.75, 3.05) is 0 Å². The van der Waals surface area contributed by atoms with Gasteiger partial charge in [-0.2, -0.15) is 10.1 Å². The van der Waals surface area contributed by atoms with Crippen LogP contribution in [0.1, 0.15) is 42.1 Å². The largest absolute Gasteiger partial charge is 0.291 e. The van der Waals surface area contributed by atoms with Crippen molar-refractivity contribution in [1.29, 1.82) is 0 Å². The normalized spacial score (nSPS) is 13.1. The number of H-pyrrole nitrogens is 1. The number of hydrazine groups is 2. The third-order valence-electron chi connectivity index (χ3n) is 5.65. The van der Waals surface area contributed by atoms with Gasteiger partial charge in [-0.15, -0.1) is 10.6 Å². The second-order valence-corrected chi connectivity index (χ2v) is 7.72. The van der Waals surface area contributed by atoms with E-state index in [0.717, 1.165) is 58.6 Å². The van der Waals surface area contributed by atoms with Crippen LogP contribution in [0.3, 0.4) is 0 Å². The Hall–Kier alpha value is -3.98. The highest BCUT2D eigenvalue weighted by molar-refractivity contribution is 6.04. The van der Waals surface area contributed by atoms with Crippen LogP contribution in [0.5, 0.6) is 0 Å². The molecule has 5 rings (SSSR count). The monoisotopic (exact) mass is 428 g/mol. The highest BCUT2D eigenvalue weighted by atomic mass is 16.1. The molecule has 2 aromatic carbocycles. The molecule has 0 unspecified atom stereocenters. The summed E-state index contributed by atoms with van der Waals surface area (Å²) < 4.78 is 1.76. The molecule has 0 fully saturated rings. The molecule has 1 aliphatic heterocycles. The van der Waals surface area contributed by atoms with Crippen molar-refractivity contribution in [1.82, 2.24) is 36.1 Å². The molecule has 0 radical (unpaired) electrons. The number of rotatable bonds is 7. The molecule has 0 amide bonds. The summed E-state index contributed by atoms with van der Waals surface area (Å²) in [7, 11) is 0. The summed E-state index contributed by atoms with van der Waals surface area (Å²) in [6.07, 6.45) is 4.84. The first-order valence-electron chi connectivity index (χ1n) is 10.7. The first kappa shape index (κ1) is 20.0. The quantitative estimate of drug-likeness (QED) is 0.359. The number of aromatic nitrogens is 4. The van der Waals surface area contributed by atoms with Crippen LogP contribution in [0.15, 0.2) is 64.8 Å². The zero-order valence-corrected chi connectivity index (χ0v) is 17.7. The maximum atomic E-state index is 12.8. The van der Waals surface area contributed by atoms with Crippen LogP contribution in [0.2, 0.25) is 0 Å². The summed E-state index contributed by atoms with van der Waals surface area (Å²) in [6.45, 7) is 2.14. The van der Waals surface area contributed by atoms with Gasteiger partial charge in [-0.25, -0.2) is 10.1 Å². The fourth-order valence-electron chi connectivity index (χ4n) is 4.02. The van der Waals surface area contributed by atoms with E-state index in [2.05, 4.69) is 73.9 Å². The predicted molar refractivity (Wildman–Crippen MR) is 123 cm³/mol. The number of fused-ring (bicyclic) bond motifs is 1. The molecular weight excluding hydrogens is 404 g/mol. The Bertz CT molecular complexity index is 1340. The molecule has 9 heteroatoms. The number of hydrogen-bond acceptors (Lipinski definition) is 7. The molecule has 0 saturated heterocycles. The highest BCUT2D eigenvalue weighted by Gasteiger charge is 2.16. The summed E-state index contributed by atoms with van der Waals surface area (Å²) in [5, 5.41) is 8.55. The minimum Gasteiger partial charge on any atom is -0.291 e. The number of aryl methyl sites for hydroxylation is 1. The minimum atomic E-state index is -0.101. The molecule has 1 aliphatic rings. The minimum absolute atomic E-state index is 0.101. The van der Waals surface area contributed by atoms with Crippen LogP contribution < -0.4 is 22.1 Å². The summed E-state index contributed by atoms with van der Waals surface area (Å²) in [5.74, 6) is 1.22. The molecule has 0 saturated carbocycles. The fourth-order valence-corrected chi connectivity index (χ4v) is 4.02. The highest BCUT2D eigenvalue weighted by Crippen LogP contribution is 2.25. The van der Waals surface area contributed by atoms with Crippen molar-refractivity contribution in [3.8, 4) is 11.1 Å². The molecule has 2 aromatic heterocycles. The van der Waals surface area contributed by atoms with Crippen molar-refractivity contribution in [2.45, 2.75) is 32.6 Å². The number of unbranched alkanes of at least 4 members (excludes halogenated alkanes) is 1. The zero-order valence-electron chi connectivity index (χ0n) is 17.7. The van der Waals surface area contributed by atoms with E-state index in [1.807, 2.05) is 18.2 Å². The average molecular weight is 429 g/mol. The predicted octanol–water partition coefficient (Wildman–Crippen LogP) is 2.29. The van der Waals surface area contributed by atoms with Crippen LogP contribution in [0.4, 0.5) is 0 Å². The Kier molecular flexibility index (Phi) is 5.39. The van der Waals surface area contributed by atoms with Gasteiger partial charge < -0.3 is 0 Å². The molecule has 0 bridgehead atoms. The molecule has 3 heterocycles. The van der Waals surface area contributed by atoms with Gasteiger partial charge in [0.15, 0.2) is 5.84 Å². The van der Waals surface area contributed by atoms with Crippen molar-refractivity contribution >= 4 is 11.6 Å². The van der Waals surface area contributed by atoms with E-state index >= 15 is 0 Å². The smallest absolute Gasteiger partial charge is 0.256 e. The second kappa shape index (κ2) is 8.64. The Labute approximate surface area is 184 Å². The molecule has 0 atom stereocenters. The van der Waals surface area contributed by atoms with E-state index in [0.29, 0.717) is 12.2 Å². The van der Waals surface area contributed by atoms with Gasteiger partial charge in [-0.3, -0.25) is 15.2 Å². The summed E-state index contributed by atoms with van der Waals surface area (Å²) >= 11 is 0. The molecule has 32 heavy (non-hydrogen) atoms. The SMILES string of the molecule is CCCCc1c(Cc2ccc(-c3ccccc3C3=NNNN3)cc2)c(=O)[nH]c2ncnn12. The number of hydrazone groups is 1. The Morgan fingerprint density at radius 3 is 2.59 bits per heavy atom. The van der Waals surface area contributed by atoms with E-state index < -0.39 is 0 Å². The summed E-state index contributed by atoms with van der Waals surface area (Å²) in [4.78, 5) is 19.8. The van der Waals surface area contributed by atoms with Gasteiger partial charge >= 0.3 is 0 Å². The van der Waals surface area contributed by atoms with E-state index in [1.165, 1.54) is 6.33 Å². The first-order chi connectivity index (χ1) is 15.7. The van der Waals surface area contributed by atoms with Crippen LogP contribution in [-0.2, 0) is 12.8 Å². The standard InChI is InChI=1S/C23H24N8O/c1-2-3-8-20-19(22(32)26-23-24-14-25-31(20)23)13-15-9-11-16(12-10-15)17-6-4-5-7-18(17)21-27-29-30-28-21/h4-7,9-12,14,29-30H,2-3,8,13H2,1H3,(H,27,28)(H,24,25,26,32). The molecule has 162 valence electrons. The lowest BCUT2D eigenvalue weighted by Crippen LogP contribution is -2.35. The molecule has 4 N–H and O–H groups in total. The van der Waals surface area contributed by atoms with E-state index in [1.54, 1.807) is 4.52 Å². The number of amidine groups is 1. The molecule has 4 aromatic rings. The lowest BCUT2D eigenvalue weighted by atomic mass is 9.96. The van der Waals surface area contributed by atoms with Gasteiger partial charge in [-0.1, -0.05) is 61.9 Å². The van der Waals surface area contributed by atoms with Crippen LogP contribution >= 0.6 is 0 Å². The van der Waals surface area contributed by atoms with Crippen molar-refractivity contribution in [3.63, 3.8) is 0 Å². The molecular formula is C23H24N8O. The zero-order chi connectivity index (χ0) is 21.9. The van der Waals surface area contributed by atoms with Crippen LogP contribution in [0.25, 0.3) is 16.9 Å². The van der Waals surface area contributed by atoms with Gasteiger partial charge in [0.25, 0.3) is 5.56 Å². The summed E-state index contributed by atoms with van der Waals surface area (Å²) in [6, 6.07) is 16.4. The van der Waals surface area contributed by atoms with Crippen LogP contribution in [-0.4, -0.2) is 25.4 Å². The Morgan fingerprint density at radius 2 is 1.84 bits per heavy atom. The van der Waals surface area contributed by atoms with E-state index in [4.69, 9.17) is 0 Å². The summed E-state index contributed by atoms with van der Waals surface area (Å²) in [5.41, 5.74) is 14.3. The first-order valence-corrected chi connectivity index (χ1v) is 10.7. The molecule has 0 spiro atoms. The maximum Gasteiger partial charge on any atom is 0.256 e. The lowest BCUT2D eigenvalue weighted by molar-refractivity contribution is 0.577. The van der Waals surface area contributed by atoms with Gasteiger partial charge in [0.05, 0.1) is 5.69 Å². The third-order valence-corrected chi connectivity index (χ3v) is 5.65. The van der Waals surface area contributed by atoms with Crippen molar-refractivity contribution in [3.05, 3.63) is 87.6 Å². The van der Waals surface area contributed by atoms with Crippen molar-refractivity contribution in [2.24, 2.45) is 5.10 Å². The topological polar surface area (TPSA) is 112 Å². The second-order valence-electron chi connectivity index (χ2n) is 7.72. The maximum absolute atomic E-state index is 12.8. The lowest BCUT2D eigenvalue weighted by Gasteiger charge is -2.12. The van der Waals surface area contributed by atoms with E-state index in [-0.39, 0.29) is 5.56 Å². The molecule has 9 nitrogen and oxygen atoms in total. The number of aromatic amines is 1. The van der Waals surface area contributed by atoms with Gasteiger partial charge in [0, 0.05) is 17.5 Å². The van der Waals surface area contributed by atoms with Gasteiger partial charge in [0.2, 0.25) is 5.78 Å². The number of nitrogens with zero attached hydrogens (tertiary/aromatic N) is 4. The number of benzene rings is 2. The fraction of sp³-hybridized carbons (Fsp3) is 0.217. The Morgan fingerprint density at radius 1 is 1.03 bits per heavy atom. The van der Waals surface area contributed by atoms with Gasteiger partial charge in [0.1, 0.15) is 6.33 Å². The Balaban J connectivity index is 1.47. The van der Waals surface area contributed by atoms with Gasteiger partial charge in [-0.05, 0) is 29.5 Å². The molecule has 0 aliphatic carbocycles. The van der Waals surface area contributed by atoms with Crippen molar-refractivity contribution < 1.29 is 0 Å². The van der Waals surface area contributed by atoms with Crippen LogP contribution in [0, 0.1) is 0 Å². The number of nitrogens with one attached hydrogen (secondary N) is 4. The average Bonchev–Trinajstić information content (AvgIpc) is 3.52. The van der Waals surface area contributed by atoms with E-state index in [9.17, 15) is 4.79 Å². The number of hydrogen-bond donors (Lipinski definition) is 4.